The van der Waals surface area contributed by atoms with Crippen molar-refractivity contribution >= 4 is 46.9 Å². The highest BCUT2D eigenvalue weighted by atomic mass is 32.1. The fourth-order valence-electron chi connectivity index (χ4n) is 2.52. The fraction of sp³-hybridized carbons (Fsp3) is 0.0556. The number of carbonyl (C=O) groups is 2. The maximum absolute atomic E-state index is 12.7. The number of carbonyl (C=O) groups excluding carboxylic acids is 2. The van der Waals surface area contributed by atoms with Crippen molar-refractivity contribution in [2.75, 3.05) is 16.7 Å². The van der Waals surface area contributed by atoms with Crippen LogP contribution in [0.4, 0.5) is 16.2 Å². The Morgan fingerprint density at radius 3 is 2.77 bits per heavy atom. The Balaban J connectivity index is 1.92. The van der Waals surface area contributed by atoms with Crippen LogP contribution in [-0.2, 0) is 0 Å². The van der Waals surface area contributed by atoms with E-state index in [2.05, 4.69) is 23.1 Å². The first-order valence-corrected chi connectivity index (χ1v) is 8.02. The number of amides is 3. The van der Waals surface area contributed by atoms with Crippen LogP contribution in [0.5, 0.6) is 5.75 Å². The van der Waals surface area contributed by atoms with Crippen molar-refractivity contribution in [2.45, 2.75) is 0 Å². The van der Waals surface area contributed by atoms with Crippen molar-refractivity contribution in [3.05, 3.63) is 60.4 Å². The highest BCUT2D eigenvalue weighted by Crippen LogP contribution is 2.31. The largest absolute Gasteiger partial charge is 0.495 e. The molecule has 0 atom stereocenters. The molecule has 132 valence electrons. The van der Waals surface area contributed by atoms with Gasteiger partial charge in [0.15, 0.2) is 0 Å². The lowest BCUT2D eigenvalue weighted by atomic mass is 10.1. The van der Waals surface area contributed by atoms with E-state index in [1.165, 1.54) is 19.2 Å². The first-order valence-electron chi connectivity index (χ1n) is 7.62. The lowest BCUT2D eigenvalue weighted by Crippen LogP contribution is -2.27. The SMILES string of the molecule is COc1ccc(C(N)=O)cc1N(S)C(=O)Nc1cccc2cnccc12. The summed E-state index contributed by atoms with van der Waals surface area (Å²) in [5.41, 5.74) is 6.45. The molecule has 0 aliphatic rings. The van der Waals surface area contributed by atoms with Crippen molar-refractivity contribution in [1.82, 2.24) is 4.98 Å². The molecule has 3 N–H and O–H groups in total. The third-order valence-corrected chi connectivity index (χ3v) is 4.20. The van der Waals surface area contributed by atoms with Crippen molar-refractivity contribution in [3.63, 3.8) is 0 Å². The number of nitrogens with zero attached hydrogens (tertiary/aromatic N) is 2. The number of nitrogens with two attached hydrogens (primary N) is 1. The number of methoxy groups -OCH3 is 1. The number of hydrogen-bond donors (Lipinski definition) is 3. The normalized spacial score (nSPS) is 10.4. The molecule has 0 bridgehead atoms. The first-order chi connectivity index (χ1) is 12.5. The number of ether oxygens (including phenoxy) is 1. The molecule has 0 saturated heterocycles. The maximum atomic E-state index is 12.7. The Labute approximate surface area is 155 Å². The Hall–Kier alpha value is -3.26. The molecule has 0 fully saturated rings. The zero-order valence-corrected chi connectivity index (χ0v) is 14.7. The van der Waals surface area contributed by atoms with E-state index < -0.39 is 11.9 Å². The number of urea groups is 1. The molecule has 1 aromatic heterocycles. The second-order valence-corrected chi connectivity index (χ2v) is 5.80. The first kappa shape index (κ1) is 17.6. The molecule has 0 saturated carbocycles. The maximum Gasteiger partial charge on any atom is 0.336 e. The standard InChI is InChI=1S/C18H16N4O3S/c1-25-16-6-5-11(17(19)23)9-15(16)22(26)18(24)21-14-4-2-3-12-10-20-8-7-13(12)14/h2-10,26H,1H3,(H2,19,23)(H,21,24). The highest BCUT2D eigenvalue weighted by molar-refractivity contribution is 7.82. The van der Waals surface area contributed by atoms with Crippen LogP contribution in [0.25, 0.3) is 10.8 Å². The number of benzene rings is 2. The number of pyridine rings is 1. The molecule has 2 aromatic carbocycles. The molecule has 0 aliphatic carbocycles. The van der Waals surface area contributed by atoms with Gasteiger partial charge >= 0.3 is 6.03 Å². The smallest absolute Gasteiger partial charge is 0.336 e. The van der Waals surface area contributed by atoms with Crippen molar-refractivity contribution in [3.8, 4) is 5.75 Å². The minimum Gasteiger partial charge on any atom is -0.495 e. The van der Waals surface area contributed by atoms with Gasteiger partial charge in [-0.3, -0.25) is 9.78 Å². The van der Waals surface area contributed by atoms with Gasteiger partial charge < -0.3 is 15.8 Å². The fourth-order valence-corrected chi connectivity index (χ4v) is 2.72. The number of thiol groups is 1. The van der Waals surface area contributed by atoms with Gasteiger partial charge in [0.2, 0.25) is 5.91 Å². The van der Waals surface area contributed by atoms with E-state index in [1.54, 1.807) is 24.5 Å². The molecule has 3 amide bonds. The molecule has 0 radical (unpaired) electrons. The summed E-state index contributed by atoms with van der Waals surface area (Å²) in [7, 11) is 1.46. The molecule has 0 aliphatic heterocycles. The second kappa shape index (κ2) is 7.32. The average molecular weight is 368 g/mol. The highest BCUT2D eigenvalue weighted by Gasteiger charge is 2.19. The molecule has 1 heterocycles. The van der Waals surface area contributed by atoms with Crippen LogP contribution >= 0.6 is 12.8 Å². The quantitative estimate of drug-likeness (QED) is 0.616. The third kappa shape index (κ3) is 3.40. The van der Waals surface area contributed by atoms with Crippen LogP contribution in [-0.4, -0.2) is 24.0 Å². The minimum atomic E-state index is -0.613. The minimum absolute atomic E-state index is 0.240. The molecule has 0 unspecified atom stereocenters. The van der Waals surface area contributed by atoms with Crippen molar-refractivity contribution < 1.29 is 14.3 Å². The van der Waals surface area contributed by atoms with Crippen molar-refractivity contribution in [1.29, 1.82) is 0 Å². The van der Waals surface area contributed by atoms with Crippen molar-refractivity contribution in [2.24, 2.45) is 5.73 Å². The summed E-state index contributed by atoms with van der Waals surface area (Å²) in [4.78, 5) is 28.1. The zero-order valence-electron chi connectivity index (χ0n) is 13.8. The van der Waals surface area contributed by atoms with E-state index in [-0.39, 0.29) is 5.56 Å². The van der Waals surface area contributed by atoms with Crippen LogP contribution in [0.2, 0.25) is 0 Å². The van der Waals surface area contributed by atoms with E-state index >= 15 is 0 Å². The lowest BCUT2D eigenvalue weighted by Gasteiger charge is -2.20. The number of rotatable bonds is 4. The van der Waals surface area contributed by atoms with Crippen LogP contribution in [0.1, 0.15) is 10.4 Å². The van der Waals surface area contributed by atoms with Crippen LogP contribution < -0.4 is 20.1 Å². The molecular weight excluding hydrogens is 352 g/mol. The third-order valence-electron chi connectivity index (χ3n) is 3.81. The van der Waals surface area contributed by atoms with E-state index in [0.717, 1.165) is 15.1 Å². The Kier molecular flexibility index (Phi) is 4.94. The predicted octanol–water partition coefficient (Wildman–Crippen LogP) is 3.23. The Morgan fingerprint density at radius 2 is 2.04 bits per heavy atom. The van der Waals surface area contributed by atoms with E-state index in [9.17, 15) is 9.59 Å². The van der Waals surface area contributed by atoms with Gasteiger partial charge in [-0.15, -0.1) is 0 Å². The van der Waals surface area contributed by atoms with Gasteiger partial charge in [0.05, 0.1) is 18.5 Å². The summed E-state index contributed by atoms with van der Waals surface area (Å²) in [6, 6.07) is 11.3. The number of aromatic nitrogens is 1. The molecule has 7 nitrogen and oxygen atoms in total. The molecule has 3 rings (SSSR count). The summed E-state index contributed by atoms with van der Waals surface area (Å²) < 4.78 is 6.30. The Bertz CT molecular complexity index is 988. The zero-order chi connectivity index (χ0) is 18.7. The summed E-state index contributed by atoms with van der Waals surface area (Å²) >= 11 is 4.26. The van der Waals surface area contributed by atoms with Gasteiger partial charge in [-0.2, -0.15) is 0 Å². The summed E-state index contributed by atoms with van der Waals surface area (Å²) in [5, 5.41) is 4.53. The van der Waals surface area contributed by atoms with E-state index in [4.69, 9.17) is 10.5 Å². The molecule has 3 aromatic rings. The molecule has 8 heteroatoms. The number of primary amides is 1. The van der Waals surface area contributed by atoms with E-state index in [1.807, 2.05) is 18.2 Å². The monoisotopic (exact) mass is 368 g/mol. The second-order valence-electron chi connectivity index (χ2n) is 5.40. The number of anilines is 2. The van der Waals surface area contributed by atoms with E-state index in [0.29, 0.717) is 17.1 Å². The topological polar surface area (TPSA) is 97.5 Å². The van der Waals surface area contributed by atoms with Gasteiger partial charge in [-0.1, -0.05) is 24.9 Å². The predicted molar refractivity (Wildman–Crippen MR) is 104 cm³/mol. The van der Waals surface area contributed by atoms with Gasteiger partial charge in [0, 0.05) is 28.7 Å². The Morgan fingerprint density at radius 1 is 1.23 bits per heavy atom. The van der Waals surface area contributed by atoms with Gasteiger partial charge in [0.1, 0.15) is 5.75 Å². The van der Waals surface area contributed by atoms with Gasteiger partial charge in [-0.25, -0.2) is 9.10 Å². The number of nitrogens with one attached hydrogen (secondary N) is 1. The van der Waals surface area contributed by atoms with Crippen LogP contribution in [0.15, 0.2) is 54.9 Å². The molecule has 26 heavy (non-hydrogen) atoms. The molecule has 0 spiro atoms. The van der Waals surface area contributed by atoms with Gasteiger partial charge in [0.25, 0.3) is 0 Å². The van der Waals surface area contributed by atoms with Crippen LogP contribution in [0.3, 0.4) is 0 Å². The summed E-state index contributed by atoms with van der Waals surface area (Å²) in [6.07, 6.45) is 3.36. The number of hydrogen-bond acceptors (Lipinski definition) is 5. The summed E-state index contributed by atoms with van der Waals surface area (Å²) in [5.74, 6) is -0.236. The lowest BCUT2D eigenvalue weighted by molar-refractivity contribution is 0.1000. The van der Waals surface area contributed by atoms with Gasteiger partial charge in [-0.05, 0) is 30.3 Å². The number of fused-ring (bicyclic) bond motifs is 1. The van der Waals surface area contributed by atoms with Crippen LogP contribution in [0, 0.1) is 0 Å². The molecular formula is C18H16N4O3S. The summed E-state index contributed by atoms with van der Waals surface area (Å²) in [6.45, 7) is 0. The average Bonchev–Trinajstić information content (AvgIpc) is 2.67.